The molecule has 0 spiro atoms. The van der Waals surface area contributed by atoms with Gasteiger partial charge in [0.2, 0.25) is 0 Å². The maximum absolute atomic E-state index is 3.95. The van der Waals surface area contributed by atoms with E-state index < -0.39 is 0 Å². The largest absolute Gasteiger partial charge is 0.368 e. The molecule has 0 aromatic heterocycles. The van der Waals surface area contributed by atoms with Gasteiger partial charge in [0.25, 0.3) is 0 Å². The summed E-state index contributed by atoms with van der Waals surface area (Å²) in [7, 11) is 0. The van der Waals surface area contributed by atoms with Crippen molar-refractivity contribution in [3.05, 3.63) is 36.1 Å². The molecule has 0 radical (unpaired) electrons. The molecule has 0 N–H and O–H groups in total. The zero-order valence-corrected chi connectivity index (χ0v) is 11.2. The van der Waals surface area contributed by atoms with Crippen LogP contribution in [0.25, 0.3) is 0 Å². The summed E-state index contributed by atoms with van der Waals surface area (Å²) in [6, 6.07) is 0.635. The molecule has 2 unspecified atom stereocenters. The summed E-state index contributed by atoms with van der Waals surface area (Å²) < 4.78 is 0. The fourth-order valence-corrected chi connectivity index (χ4v) is 2.56. The van der Waals surface area contributed by atoms with Crippen molar-refractivity contribution < 1.29 is 0 Å². The van der Waals surface area contributed by atoms with Crippen LogP contribution < -0.4 is 0 Å². The molecular weight excluding hydrogens is 194 g/mol. The smallest absolute Gasteiger partial charge is 0.0401 e. The number of allylic oxidation sites excluding steroid dienone is 3. The zero-order chi connectivity index (χ0) is 12.1. The van der Waals surface area contributed by atoms with Crippen molar-refractivity contribution >= 4 is 0 Å². The van der Waals surface area contributed by atoms with Gasteiger partial charge in [-0.2, -0.15) is 0 Å². The van der Waals surface area contributed by atoms with Crippen LogP contribution in [-0.4, -0.2) is 17.5 Å². The molecule has 0 amide bonds. The average Bonchev–Trinajstić information content (AvgIpc) is 2.56. The predicted octanol–water partition coefficient (Wildman–Crippen LogP) is 4.14. The molecular formula is C15H25N. The minimum absolute atomic E-state index is 0.614. The van der Waals surface area contributed by atoms with Crippen LogP contribution >= 0.6 is 0 Å². The maximum atomic E-state index is 3.95. The van der Waals surface area contributed by atoms with E-state index in [4.69, 9.17) is 0 Å². The van der Waals surface area contributed by atoms with Gasteiger partial charge >= 0.3 is 0 Å². The fourth-order valence-electron chi connectivity index (χ4n) is 2.56. The lowest BCUT2D eigenvalue weighted by molar-refractivity contribution is 0.267. The maximum Gasteiger partial charge on any atom is 0.0401 e. The third-order valence-corrected chi connectivity index (χ3v) is 3.39. The SMILES string of the molecule is C=CC1=C(/C=C\C)N(C(C)CCC)CC1C. The van der Waals surface area contributed by atoms with Gasteiger partial charge in [-0.25, -0.2) is 0 Å². The highest BCUT2D eigenvalue weighted by Gasteiger charge is 2.27. The molecule has 1 rings (SSSR count). The fraction of sp³-hybridized carbons (Fsp3) is 0.600. The molecule has 2 atom stereocenters. The second-order valence-electron chi connectivity index (χ2n) is 4.74. The Kier molecular flexibility index (Phi) is 4.85. The first-order valence-corrected chi connectivity index (χ1v) is 6.41. The van der Waals surface area contributed by atoms with E-state index in [0.717, 1.165) is 6.54 Å². The van der Waals surface area contributed by atoms with Crippen molar-refractivity contribution in [3.8, 4) is 0 Å². The third kappa shape index (κ3) is 2.58. The lowest BCUT2D eigenvalue weighted by Crippen LogP contribution is -2.30. The van der Waals surface area contributed by atoms with Gasteiger partial charge in [-0.15, -0.1) is 0 Å². The Morgan fingerprint density at radius 2 is 2.25 bits per heavy atom. The Bertz CT molecular complexity index is 299. The summed E-state index contributed by atoms with van der Waals surface area (Å²) in [4.78, 5) is 2.53. The van der Waals surface area contributed by atoms with Crippen molar-refractivity contribution in [3.63, 3.8) is 0 Å². The van der Waals surface area contributed by atoms with Crippen LogP contribution in [0.4, 0.5) is 0 Å². The highest BCUT2D eigenvalue weighted by atomic mass is 15.2. The van der Waals surface area contributed by atoms with Crippen LogP contribution in [-0.2, 0) is 0 Å². The van der Waals surface area contributed by atoms with Crippen LogP contribution in [0.2, 0.25) is 0 Å². The molecule has 16 heavy (non-hydrogen) atoms. The van der Waals surface area contributed by atoms with Crippen LogP contribution in [0.15, 0.2) is 36.1 Å². The minimum Gasteiger partial charge on any atom is -0.368 e. The van der Waals surface area contributed by atoms with E-state index in [1.54, 1.807) is 0 Å². The highest BCUT2D eigenvalue weighted by molar-refractivity contribution is 5.37. The summed E-state index contributed by atoms with van der Waals surface area (Å²) >= 11 is 0. The molecule has 0 saturated heterocycles. The molecule has 0 aliphatic carbocycles. The third-order valence-electron chi connectivity index (χ3n) is 3.39. The van der Waals surface area contributed by atoms with Crippen molar-refractivity contribution in [1.29, 1.82) is 0 Å². The normalized spacial score (nSPS) is 23.2. The summed E-state index contributed by atoms with van der Waals surface area (Å²) in [6.45, 7) is 14.0. The Balaban J connectivity index is 2.95. The van der Waals surface area contributed by atoms with E-state index in [9.17, 15) is 0 Å². The van der Waals surface area contributed by atoms with Gasteiger partial charge in [-0.05, 0) is 31.9 Å². The molecule has 0 aromatic rings. The number of nitrogens with zero attached hydrogens (tertiary/aromatic N) is 1. The van der Waals surface area contributed by atoms with Crippen molar-refractivity contribution in [2.45, 2.75) is 46.6 Å². The lowest BCUT2D eigenvalue weighted by Gasteiger charge is -2.28. The van der Waals surface area contributed by atoms with E-state index in [0.29, 0.717) is 12.0 Å². The summed E-state index contributed by atoms with van der Waals surface area (Å²) in [5, 5.41) is 0. The Labute approximate surface area is 101 Å². The number of rotatable bonds is 5. The van der Waals surface area contributed by atoms with Gasteiger partial charge in [0.1, 0.15) is 0 Å². The first-order valence-electron chi connectivity index (χ1n) is 6.41. The number of hydrogen-bond acceptors (Lipinski definition) is 1. The lowest BCUT2D eigenvalue weighted by atomic mass is 10.0. The Hall–Kier alpha value is -0.980. The average molecular weight is 219 g/mol. The highest BCUT2D eigenvalue weighted by Crippen LogP contribution is 2.32. The van der Waals surface area contributed by atoms with Gasteiger partial charge < -0.3 is 4.90 Å². The predicted molar refractivity (Wildman–Crippen MR) is 72.3 cm³/mol. The second-order valence-corrected chi connectivity index (χ2v) is 4.74. The monoisotopic (exact) mass is 219 g/mol. The van der Waals surface area contributed by atoms with Crippen LogP contribution in [0, 0.1) is 5.92 Å². The standard InChI is InChI=1S/C15H25N/c1-6-9-13(5)16-11-12(4)14(8-3)15(16)10-7-2/h7-8,10,12-13H,3,6,9,11H2,1-2,4-5H3/b10-7-. The van der Waals surface area contributed by atoms with E-state index in [1.165, 1.54) is 24.1 Å². The molecule has 0 bridgehead atoms. The first-order chi connectivity index (χ1) is 7.65. The van der Waals surface area contributed by atoms with Crippen LogP contribution in [0.5, 0.6) is 0 Å². The van der Waals surface area contributed by atoms with Gasteiger partial charge in [-0.1, -0.05) is 39.0 Å². The first kappa shape index (κ1) is 13.1. The molecule has 0 aromatic carbocycles. The van der Waals surface area contributed by atoms with Crippen molar-refractivity contribution in [1.82, 2.24) is 4.90 Å². The van der Waals surface area contributed by atoms with Crippen LogP contribution in [0.3, 0.4) is 0 Å². The number of hydrogen-bond donors (Lipinski definition) is 0. The second kappa shape index (κ2) is 5.93. The summed E-state index contributed by atoms with van der Waals surface area (Å²) in [6.07, 6.45) is 8.89. The van der Waals surface area contributed by atoms with Crippen LogP contribution in [0.1, 0.15) is 40.5 Å². The molecule has 1 aliphatic rings. The topological polar surface area (TPSA) is 3.24 Å². The molecule has 1 nitrogen and oxygen atoms in total. The van der Waals surface area contributed by atoms with E-state index in [-0.39, 0.29) is 0 Å². The van der Waals surface area contributed by atoms with Crippen molar-refractivity contribution in [2.75, 3.05) is 6.54 Å². The summed E-state index contributed by atoms with van der Waals surface area (Å²) in [5.41, 5.74) is 2.78. The molecule has 1 heterocycles. The quantitative estimate of drug-likeness (QED) is 0.671. The van der Waals surface area contributed by atoms with Gasteiger partial charge in [0.15, 0.2) is 0 Å². The van der Waals surface area contributed by atoms with Gasteiger partial charge in [-0.3, -0.25) is 0 Å². The molecule has 90 valence electrons. The molecule has 0 saturated carbocycles. The molecule has 0 fully saturated rings. The molecule has 1 heteroatoms. The summed E-state index contributed by atoms with van der Waals surface area (Å²) in [5.74, 6) is 0.614. The minimum atomic E-state index is 0.614. The zero-order valence-electron chi connectivity index (χ0n) is 11.2. The van der Waals surface area contributed by atoms with Crippen molar-refractivity contribution in [2.24, 2.45) is 5.92 Å². The Morgan fingerprint density at radius 3 is 2.75 bits per heavy atom. The van der Waals surface area contributed by atoms with Gasteiger partial charge in [0.05, 0.1) is 0 Å². The van der Waals surface area contributed by atoms with Gasteiger partial charge in [0, 0.05) is 24.2 Å². The van der Waals surface area contributed by atoms with E-state index >= 15 is 0 Å². The van der Waals surface area contributed by atoms with E-state index in [2.05, 4.69) is 51.3 Å². The van der Waals surface area contributed by atoms with E-state index in [1.807, 2.05) is 6.08 Å². The molecule has 1 aliphatic heterocycles. The Morgan fingerprint density at radius 1 is 1.56 bits per heavy atom.